The SMILES string of the molecule is CCC(CCO)CNS(=O)(=O)c1ccc(C(F)(F)F)cc1. The summed E-state index contributed by atoms with van der Waals surface area (Å²) in [6, 6.07) is 3.33. The first-order valence-corrected chi connectivity index (χ1v) is 7.96. The molecule has 1 unspecified atom stereocenters. The molecular formula is C13H18F3NO3S. The minimum Gasteiger partial charge on any atom is -0.396 e. The van der Waals surface area contributed by atoms with Crippen molar-refractivity contribution in [2.45, 2.75) is 30.8 Å². The van der Waals surface area contributed by atoms with Crippen LogP contribution in [0.2, 0.25) is 0 Å². The minimum absolute atomic E-state index is 0.0146. The Morgan fingerprint density at radius 2 is 1.81 bits per heavy atom. The Balaban J connectivity index is 2.79. The van der Waals surface area contributed by atoms with E-state index < -0.39 is 21.8 Å². The highest BCUT2D eigenvalue weighted by Crippen LogP contribution is 2.29. The number of alkyl halides is 3. The fraction of sp³-hybridized carbons (Fsp3) is 0.538. The van der Waals surface area contributed by atoms with Gasteiger partial charge in [0.15, 0.2) is 0 Å². The van der Waals surface area contributed by atoms with E-state index in [1.807, 2.05) is 6.92 Å². The molecule has 0 radical (unpaired) electrons. The molecule has 0 spiro atoms. The second kappa shape index (κ2) is 7.24. The van der Waals surface area contributed by atoms with Gasteiger partial charge in [0.05, 0.1) is 10.5 Å². The summed E-state index contributed by atoms with van der Waals surface area (Å²) in [6.07, 6.45) is -3.34. The van der Waals surface area contributed by atoms with E-state index in [1.54, 1.807) is 0 Å². The molecule has 1 aromatic carbocycles. The summed E-state index contributed by atoms with van der Waals surface area (Å²) in [6.45, 7) is 1.97. The van der Waals surface area contributed by atoms with Gasteiger partial charge in [-0.1, -0.05) is 13.3 Å². The number of halogens is 3. The van der Waals surface area contributed by atoms with E-state index in [4.69, 9.17) is 5.11 Å². The second-order valence-electron chi connectivity index (χ2n) is 4.66. The average molecular weight is 325 g/mol. The molecule has 0 saturated heterocycles. The highest BCUT2D eigenvalue weighted by atomic mass is 32.2. The van der Waals surface area contributed by atoms with E-state index in [-0.39, 0.29) is 24.0 Å². The number of nitrogens with one attached hydrogen (secondary N) is 1. The third-order valence-corrected chi connectivity index (χ3v) is 4.61. The molecule has 0 bridgehead atoms. The summed E-state index contributed by atoms with van der Waals surface area (Å²) in [5.74, 6) is -0.0146. The van der Waals surface area contributed by atoms with Crippen molar-refractivity contribution in [3.05, 3.63) is 29.8 Å². The molecule has 1 aromatic rings. The first kappa shape index (κ1) is 17.9. The number of rotatable bonds is 7. The van der Waals surface area contributed by atoms with Crippen molar-refractivity contribution >= 4 is 10.0 Å². The van der Waals surface area contributed by atoms with E-state index in [0.717, 1.165) is 24.3 Å². The fourth-order valence-electron chi connectivity index (χ4n) is 1.77. The Labute approximate surface area is 122 Å². The van der Waals surface area contributed by atoms with Crippen LogP contribution in [0, 0.1) is 5.92 Å². The lowest BCUT2D eigenvalue weighted by atomic mass is 10.0. The first-order valence-electron chi connectivity index (χ1n) is 6.48. The molecule has 0 fully saturated rings. The topological polar surface area (TPSA) is 66.4 Å². The van der Waals surface area contributed by atoms with Crippen LogP contribution in [0.3, 0.4) is 0 Å². The third kappa shape index (κ3) is 5.29. The molecule has 0 aliphatic carbocycles. The van der Waals surface area contributed by atoms with Crippen molar-refractivity contribution in [1.29, 1.82) is 0 Å². The van der Waals surface area contributed by atoms with E-state index in [0.29, 0.717) is 12.8 Å². The lowest BCUT2D eigenvalue weighted by molar-refractivity contribution is -0.137. The number of hydrogen-bond acceptors (Lipinski definition) is 3. The summed E-state index contributed by atoms with van der Waals surface area (Å²) in [5.41, 5.74) is -0.895. The van der Waals surface area contributed by atoms with Crippen LogP contribution in [-0.4, -0.2) is 26.7 Å². The zero-order chi connectivity index (χ0) is 16.1. The standard InChI is InChI=1S/C13H18F3NO3S/c1-2-10(7-8-18)9-17-21(19,20)12-5-3-11(4-6-12)13(14,15)16/h3-6,10,17-18H,2,7-9H2,1H3. The van der Waals surface area contributed by atoms with Crippen LogP contribution in [-0.2, 0) is 16.2 Å². The van der Waals surface area contributed by atoms with Gasteiger partial charge in [-0.2, -0.15) is 13.2 Å². The van der Waals surface area contributed by atoms with E-state index in [1.165, 1.54) is 0 Å². The van der Waals surface area contributed by atoms with Crippen LogP contribution in [0.4, 0.5) is 13.2 Å². The number of aliphatic hydroxyl groups is 1. The van der Waals surface area contributed by atoms with Crippen molar-refractivity contribution in [3.8, 4) is 0 Å². The van der Waals surface area contributed by atoms with Crippen LogP contribution in [0.25, 0.3) is 0 Å². The van der Waals surface area contributed by atoms with Crippen LogP contribution in [0.15, 0.2) is 29.2 Å². The Morgan fingerprint density at radius 3 is 2.24 bits per heavy atom. The predicted octanol–water partition coefficient (Wildman–Crippen LogP) is 2.39. The average Bonchev–Trinajstić information content (AvgIpc) is 2.42. The summed E-state index contributed by atoms with van der Waals surface area (Å²) >= 11 is 0. The van der Waals surface area contributed by atoms with Gasteiger partial charge in [-0.05, 0) is 36.6 Å². The van der Waals surface area contributed by atoms with E-state index >= 15 is 0 Å². The number of hydrogen-bond donors (Lipinski definition) is 2. The van der Waals surface area contributed by atoms with Crippen LogP contribution in [0.5, 0.6) is 0 Å². The van der Waals surface area contributed by atoms with Crippen molar-refractivity contribution in [2.75, 3.05) is 13.2 Å². The van der Waals surface area contributed by atoms with Crippen LogP contribution in [0.1, 0.15) is 25.3 Å². The van der Waals surface area contributed by atoms with Gasteiger partial charge in [0, 0.05) is 13.2 Å². The largest absolute Gasteiger partial charge is 0.416 e. The second-order valence-corrected chi connectivity index (χ2v) is 6.43. The van der Waals surface area contributed by atoms with Gasteiger partial charge < -0.3 is 5.11 Å². The fourth-order valence-corrected chi connectivity index (χ4v) is 2.88. The first-order chi connectivity index (χ1) is 9.70. The maximum absolute atomic E-state index is 12.4. The van der Waals surface area contributed by atoms with Crippen LogP contribution >= 0.6 is 0 Å². The lowest BCUT2D eigenvalue weighted by Gasteiger charge is -2.15. The summed E-state index contributed by atoms with van der Waals surface area (Å²) in [7, 11) is -3.84. The Kier molecular flexibility index (Phi) is 6.18. The van der Waals surface area contributed by atoms with Gasteiger partial charge in [0.1, 0.15) is 0 Å². The van der Waals surface area contributed by atoms with Crippen LogP contribution < -0.4 is 4.72 Å². The van der Waals surface area contributed by atoms with E-state index in [9.17, 15) is 21.6 Å². The zero-order valence-corrected chi connectivity index (χ0v) is 12.3. The molecule has 120 valence electrons. The van der Waals surface area contributed by atoms with Gasteiger partial charge in [0.25, 0.3) is 0 Å². The monoisotopic (exact) mass is 325 g/mol. The maximum Gasteiger partial charge on any atom is 0.416 e. The number of benzene rings is 1. The molecule has 0 aliphatic heterocycles. The predicted molar refractivity (Wildman–Crippen MR) is 72.1 cm³/mol. The summed E-state index contributed by atoms with van der Waals surface area (Å²) in [5, 5.41) is 8.84. The van der Waals surface area contributed by atoms with Gasteiger partial charge in [-0.15, -0.1) is 0 Å². The Bertz CT molecular complexity index is 541. The van der Waals surface area contributed by atoms with Gasteiger partial charge in [-0.25, -0.2) is 13.1 Å². The molecule has 4 nitrogen and oxygen atoms in total. The molecule has 1 atom stereocenters. The summed E-state index contributed by atoms with van der Waals surface area (Å²) < 4.78 is 63.5. The Hall–Kier alpha value is -1.12. The molecule has 21 heavy (non-hydrogen) atoms. The normalized spacial score (nSPS) is 14.1. The van der Waals surface area contributed by atoms with Crippen molar-refractivity contribution in [1.82, 2.24) is 4.72 Å². The third-order valence-electron chi connectivity index (χ3n) is 3.17. The molecule has 0 aromatic heterocycles. The highest BCUT2D eigenvalue weighted by Gasteiger charge is 2.30. The van der Waals surface area contributed by atoms with Gasteiger partial charge in [-0.3, -0.25) is 0 Å². The Morgan fingerprint density at radius 1 is 1.24 bits per heavy atom. The van der Waals surface area contributed by atoms with Gasteiger partial charge in [0.2, 0.25) is 10.0 Å². The molecule has 0 aliphatic rings. The molecular weight excluding hydrogens is 307 g/mol. The van der Waals surface area contributed by atoms with Crippen molar-refractivity contribution in [2.24, 2.45) is 5.92 Å². The minimum atomic E-state index is -4.50. The molecule has 1 rings (SSSR count). The molecule has 0 saturated carbocycles. The maximum atomic E-state index is 12.4. The quantitative estimate of drug-likeness (QED) is 0.809. The highest BCUT2D eigenvalue weighted by molar-refractivity contribution is 7.89. The van der Waals surface area contributed by atoms with Gasteiger partial charge >= 0.3 is 6.18 Å². The number of sulfonamides is 1. The molecule has 0 amide bonds. The summed E-state index contributed by atoms with van der Waals surface area (Å²) in [4.78, 5) is -0.214. The smallest absolute Gasteiger partial charge is 0.396 e. The molecule has 2 N–H and O–H groups in total. The van der Waals surface area contributed by atoms with E-state index in [2.05, 4.69) is 4.72 Å². The zero-order valence-electron chi connectivity index (χ0n) is 11.5. The molecule has 8 heteroatoms. The molecule has 0 heterocycles. The lowest BCUT2D eigenvalue weighted by Crippen LogP contribution is -2.29. The van der Waals surface area contributed by atoms with Crippen molar-refractivity contribution in [3.63, 3.8) is 0 Å². The number of aliphatic hydroxyl groups excluding tert-OH is 1. The van der Waals surface area contributed by atoms with Crippen molar-refractivity contribution < 1.29 is 26.7 Å².